The van der Waals surface area contributed by atoms with Crippen LogP contribution in [0.3, 0.4) is 0 Å². The number of nitrogens with zero attached hydrogens (tertiary/aromatic N) is 1. The Labute approximate surface area is 126 Å². The minimum atomic E-state index is -0.299. The monoisotopic (exact) mass is 314 g/mol. The van der Waals surface area contributed by atoms with E-state index in [2.05, 4.69) is 24.1 Å². The number of thiazole rings is 1. The van der Waals surface area contributed by atoms with E-state index in [0.717, 1.165) is 4.88 Å². The molecule has 0 bridgehead atoms. The lowest BCUT2D eigenvalue weighted by Crippen LogP contribution is -2.07. The van der Waals surface area contributed by atoms with E-state index in [9.17, 15) is 4.39 Å². The third-order valence-corrected chi connectivity index (χ3v) is 3.61. The lowest BCUT2D eigenvalue weighted by atomic mass is 10.2. The predicted octanol–water partition coefficient (Wildman–Crippen LogP) is 4.58. The number of hydrogen-bond donors (Lipinski definition) is 1. The summed E-state index contributed by atoms with van der Waals surface area (Å²) in [5.74, 6) is 0.760. The molecule has 2 aromatic rings. The highest BCUT2D eigenvalue weighted by Crippen LogP contribution is 2.27. The minimum absolute atomic E-state index is 0.299. The smallest absolute Gasteiger partial charge is 0.183 e. The van der Waals surface area contributed by atoms with E-state index in [1.54, 1.807) is 12.3 Å². The standard InChI is InChI=1S/C14H16ClFN2OS/c1-9(2)8-19-13-4-3-10(16)5-12(13)17-6-11-7-18-14(15)20-11/h3-5,7,9,17H,6,8H2,1-2H3. The molecule has 2 rings (SSSR count). The van der Waals surface area contributed by atoms with Crippen LogP contribution in [-0.4, -0.2) is 11.6 Å². The van der Waals surface area contributed by atoms with Gasteiger partial charge >= 0.3 is 0 Å². The number of ether oxygens (including phenoxy) is 1. The molecule has 0 saturated carbocycles. The summed E-state index contributed by atoms with van der Waals surface area (Å²) in [5.41, 5.74) is 0.634. The van der Waals surface area contributed by atoms with Gasteiger partial charge in [-0.1, -0.05) is 25.4 Å². The van der Waals surface area contributed by atoms with E-state index in [4.69, 9.17) is 16.3 Å². The summed E-state index contributed by atoms with van der Waals surface area (Å²) in [6.07, 6.45) is 1.70. The molecule has 1 aromatic heterocycles. The first-order valence-corrected chi connectivity index (χ1v) is 7.50. The number of anilines is 1. The molecule has 0 atom stereocenters. The van der Waals surface area contributed by atoms with Gasteiger partial charge in [0.15, 0.2) is 4.47 Å². The molecule has 108 valence electrons. The Morgan fingerprint density at radius 2 is 2.25 bits per heavy atom. The van der Waals surface area contributed by atoms with E-state index >= 15 is 0 Å². The van der Waals surface area contributed by atoms with Crippen molar-refractivity contribution >= 4 is 28.6 Å². The maximum atomic E-state index is 13.3. The number of benzene rings is 1. The molecular formula is C14H16ClFN2OS. The van der Waals surface area contributed by atoms with Crippen LogP contribution in [0.2, 0.25) is 4.47 Å². The van der Waals surface area contributed by atoms with Gasteiger partial charge in [-0.3, -0.25) is 0 Å². The highest BCUT2D eigenvalue weighted by Gasteiger charge is 2.07. The largest absolute Gasteiger partial charge is 0.491 e. The molecule has 0 radical (unpaired) electrons. The topological polar surface area (TPSA) is 34.1 Å². The first kappa shape index (κ1) is 15.1. The molecule has 0 saturated heterocycles. The fourth-order valence-electron chi connectivity index (χ4n) is 1.57. The number of halogens is 2. The van der Waals surface area contributed by atoms with Crippen LogP contribution in [0.4, 0.5) is 10.1 Å². The third-order valence-electron chi connectivity index (χ3n) is 2.49. The van der Waals surface area contributed by atoms with Crippen molar-refractivity contribution in [2.45, 2.75) is 20.4 Å². The van der Waals surface area contributed by atoms with E-state index < -0.39 is 0 Å². The van der Waals surface area contributed by atoms with Crippen LogP contribution in [-0.2, 0) is 6.54 Å². The lowest BCUT2D eigenvalue weighted by molar-refractivity contribution is 0.272. The highest BCUT2D eigenvalue weighted by atomic mass is 35.5. The first-order chi connectivity index (χ1) is 9.54. The number of rotatable bonds is 6. The summed E-state index contributed by atoms with van der Waals surface area (Å²) in [4.78, 5) is 4.95. The third kappa shape index (κ3) is 4.35. The Balaban J connectivity index is 2.06. The second kappa shape index (κ2) is 6.90. The molecule has 0 amide bonds. The maximum absolute atomic E-state index is 13.3. The van der Waals surface area contributed by atoms with Gasteiger partial charge < -0.3 is 10.1 Å². The van der Waals surface area contributed by atoms with Crippen LogP contribution in [0.1, 0.15) is 18.7 Å². The second-order valence-corrected chi connectivity index (χ2v) is 6.48. The zero-order valence-corrected chi connectivity index (χ0v) is 12.9. The Morgan fingerprint density at radius 3 is 2.90 bits per heavy atom. The maximum Gasteiger partial charge on any atom is 0.183 e. The molecule has 0 aliphatic heterocycles. The minimum Gasteiger partial charge on any atom is -0.491 e. The van der Waals surface area contributed by atoms with Crippen LogP contribution >= 0.6 is 22.9 Å². The van der Waals surface area contributed by atoms with Crippen molar-refractivity contribution in [1.29, 1.82) is 0 Å². The van der Waals surface area contributed by atoms with Gasteiger partial charge in [-0.15, -0.1) is 11.3 Å². The summed E-state index contributed by atoms with van der Waals surface area (Å²) >= 11 is 7.17. The molecule has 0 unspecified atom stereocenters. The van der Waals surface area contributed by atoms with E-state index in [1.807, 2.05) is 0 Å². The predicted molar refractivity (Wildman–Crippen MR) is 81.2 cm³/mol. The molecular weight excluding hydrogens is 299 g/mol. The number of hydrogen-bond acceptors (Lipinski definition) is 4. The molecule has 1 N–H and O–H groups in total. The fraction of sp³-hybridized carbons (Fsp3) is 0.357. The number of aromatic nitrogens is 1. The highest BCUT2D eigenvalue weighted by molar-refractivity contribution is 7.15. The molecule has 20 heavy (non-hydrogen) atoms. The SMILES string of the molecule is CC(C)COc1ccc(F)cc1NCc1cnc(Cl)s1. The van der Waals surface area contributed by atoms with Gasteiger partial charge in [0.1, 0.15) is 11.6 Å². The lowest BCUT2D eigenvalue weighted by Gasteiger charge is -2.14. The van der Waals surface area contributed by atoms with Gasteiger partial charge in [-0.2, -0.15) is 0 Å². The van der Waals surface area contributed by atoms with Crippen LogP contribution in [0.15, 0.2) is 24.4 Å². The van der Waals surface area contributed by atoms with Crippen molar-refractivity contribution in [2.75, 3.05) is 11.9 Å². The van der Waals surface area contributed by atoms with E-state index in [0.29, 0.717) is 35.0 Å². The quantitative estimate of drug-likeness (QED) is 0.847. The Kier molecular flexibility index (Phi) is 5.20. The first-order valence-electron chi connectivity index (χ1n) is 6.31. The van der Waals surface area contributed by atoms with Crippen LogP contribution in [0, 0.1) is 11.7 Å². The molecule has 1 heterocycles. The second-order valence-electron chi connectivity index (χ2n) is 4.78. The van der Waals surface area contributed by atoms with Crippen molar-refractivity contribution in [3.63, 3.8) is 0 Å². The fourth-order valence-corrected chi connectivity index (χ4v) is 2.49. The Bertz CT molecular complexity index is 574. The molecule has 3 nitrogen and oxygen atoms in total. The van der Waals surface area contributed by atoms with Crippen LogP contribution in [0.5, 0.6) is 5.75 Å². The summed E-state index contributed by atoms with van der Waals surface area (Å²) in [6.45, 7) is 5.25. The Hall–Kier alpha value is -1.33. The van der Waals surface area contributed by atoms with Gasteiger partial charge in [-0.25, -0.2) is 9.37 Å². The van der Waals surface area contributed by atoms with Crippen LogP contribution in [0.25, 0.3) is 0 Å². The van der Waals surface area contributed by atoms with Crippen molar-refractivity contribution in [1.82, 2.24) is 4.98 Å². The molecule has 1 aromatic carbocycles. The average Bonchev–Trinajstić information content (AvgIpc) is 2.81. The van der Waals surface area contributed by atoms with Gasteiger partial charge in [-0.05, 0) is 18.1 Å². The molecule has 0 fully saturated rings. The van der Waals surface area contributed by atoms with Gasteiger partial charge in [0.2, 0.25) is 0 Å². The zero-order valence-electron chi connectivity index (χ0n) is 11.3. The summed E-state index contributed by atoms with van der Waals surface area (Å²) in [5, 5.41) is 3.15. The molecule has 0 spiro atoms. The average molecular weight is 315 g/mol. The van der Waals surface area contributed by atoms with E-state index in [1.165, 1.54) is 23.5 Å². The van der Waals surface area contributed by atoms with Crippen molar-refractivity contribution in [3.05, 3.63) is 39.6 Å². The summed E-state index contributed by atoms with van der Waals surface area (Å²) in [6, 6.07) is 4.46. The summed E-state index contributed by atoms with van der Waals surface area (Å²) < 4.78 is 19.5. The van der Waals surface area contributed by atoms with Crippen LogP contribution < -0.4 is 10.1 Å². The van der Waals surface area contributed by atoms with Gasteiger partial charge in [0.25, 0.3) is 0 Å². The molecule has 0 aliphatic rings. The molecule has 6 heteroatoms. The van der Waals surface area contributed by atoms with E-state index in [-0.39, 0.29) is 5.82 Å². The normalized spacial score (nSPS) is 10.8. The van der Waals surface area contributed by atoms with Crippen molar-refractivity contribution in [2.24, 2.45) is 5.92 Å². The van der Waals surface area contributed by atoms with Gasteiger partial charge in [0, 0.05) is 17.1 Å². The summed E-state index contributed by atoms with van der Waals surface area (Å²) in [7, 11) is 0. The van der Waals surface area contributed by atoms with Crippen molar-refractivity contribution in [3.8, 4) is 5.75 Å². The van der Waals surface area contributed by atoms with Gasteiger partial charge in [0.05, 0.1) is 18.8 Å². The zero-order chi connectivity index (χ0) is 14.5. The Morgan fingerprint density at radius 1 is 1.45 bits per heavy atom. The number of nitrogens with one attached hydrogen (secondary N) is 1. The molecule has 0 aliphatic carbocycles. The van der Waals surface area contributed by atoms with Crippen molar-refractivity contribution < 1.29 is 9.13 Å².